The summed E-state index contributed by atoms with van der Waals surface area (Å²) in [7, 11) is 0. The summed E-state index contributed by atoms with van der Waals surface area (Å²) in [5.41, 5.74) is 6.46. The van der Waals surface area contributed by atoms with Gasteiger partial charge in [0, 0.05) is 24.7 Å². The van der Waals surface area contributed by atoms with Crippen LogP contribution in [0.3, 0.4) is 0 Å². The van der Waals surface area contributed by atoms with E-state index in [1.54, 1.807) is 23.1 Å². The van der Waals surface area contributed by atoms with Gasteiger partial charge in [0.05, 0.1) is 13.2 Å². The van der Waals surface area contributed by atoms with Gasteiger partial charge < -0.3 is 20.1 Å². The smallest absolute Gasteiger partial charge is 0.254 e. The minimum Gasteiger partial charge on any atom is -0.490 e. The first-order valence-electron chi connectivity index (χ1n) is 7.10. The standard InChI is InChI=1S/C15H22N2O3/c1-3-19-13-6-5-11(9-14(13)20-4-2)15(18)17-8-7-12(16)10-17/h5-6,9,12H,3-4,7-8,10,16H2,1-2H3. The second-order valence-electron chi connectivity index (χ2n) is 4.83. The number of hydrogen-bond acceptors (Lipinski definition) is 4. The molecule has 0 aromatic heterocycles. The Kier molecular flexibility index (Phi) is 4.84. The normalized spacial score (nSPS) is 18.1. The summed E-state index contributed by atoms with van der Waals surface area (Å²) >= 11 is 0. The van der Waals surface area contributed by atoms with Gasteiger partial charge in [-0.1, -0.05) is 0 Å². The average Bonchev–Trinajstić information content (AvgIpc) is 2.87. The molecule has 1 saturated heterocycles. The molecule has 1 aromatic carbocycles. The number of amides is 1. The van der Waals surface area contributed by atoms with Crippen LogP contribution < -0.4 is 15.2 Å². The first-order chi connectivity index (χ1) is 9.65. The number of carbonyl (C=O) groups excluding carboxylic acids is 1. The van der Waals surface area contributed by atoms with Crippen LogP contribution in [0.25, 0.3) is 0 Å². The summed E-state index contributed by atoms with van der Waals surface area (Å²) < 4.78 is 11.0. The van der Waals surface area contributed by atoms with Gasteiger partial charge >= 0.3 is 0 Å². The van der Waals surface area contributed by atoms with Crippen LogP contribution in [0.4, 0.5) is 0 Å². The molecule has 0 saturated carbocycles. The molecule has 0 aliphatic carbocycles. The number of nitrogens with two attached hydrogens (primary N) is 1. The van der Waals surface area contributed by atoms with Crippen molar-refractivity contribution >= 4 is 5.91 Å². The molecule has 1 aromatic rings. The summed E-state index contributed by atoms with van der Waals surface area (Å²) in [6.07, 6.45) is 0.862. The Morgan fingerprint density at radius 2 is 2.00 bits per heavy atom. The summed E-state index contributed by atoms with van der Waals surface area (Å²) in [4.78, 5) is 14.2. The maximum Gasteiger partial charge on any atom is 0.254 e. The van der Waals surface area contributed by atoms with Gasteiger partial charge in [-0.3, -0.25) is 4.79 Å². The van der Waals surface area contributed by atoms with Crippen molar-refractivity contribution in [2.45, 2.75) is 26.3 Å². The van der Waals surface area contributed by atoms with Crippen molar-refractivity contribution in [1.29, 1.82) is 0 Å². The van der Waals surface area contributed by atoms with Crippen LogP contribution in [0.1, 0.15) is 30.6 Å². The molecule has 1 aliphatic heterocycles. The largest absolute Gasteiger partial charge is 0.490 e. The zero-order valence-corrected chi connectivity index (χ0v) is 12.1. The molecule has 1 fully saturated rings. The van der Waals surface area contributed by atoms with Crippen LogP contribution in [0.15, 0.2) is 18.2 Å². The number of ether oxygens (including phenoxy) is 2. The molecule has 0 radical (unpaired) electrons. The lowest BCUT2D eigenvalue weighted by molar-refractivity contribution is 0.0790. The molecule has 20 heavy (non-hydrogen) atoms. The Balaban J connectivity index is 2.19. The van der Waals surface area contributed by atoms with Crippen LogP contribution in [0.2, 0.25) is 0 Å². The zero-order chi connectivity index (χ0) is 14.5. The molecule has 0 bridgehead atoms. The SMILES string of the molecule is CCOc1ccc(C(=O)N2CCC(N)C2)cc1OCC. The van der Waals surface area contributed by atoms with Crippen molar-refractivity contribution in [3.63, 3.8) is 0 Å². The molecule has 110 valence electrons. The topological polar surface area (TPSA) is 64.8 Å². The Hall–Kier alpha value is -1.75. The van der Waals surface area contributed by atoms with E-state index < -0.39 is 0 Å². The van der Waals surface area contributed by atoms with E-state index in [-0.39, 0.29) is 11.9 Å². The van der Waals surface area contributed by atoms with Crippen LogP contribution in [-0.4, -0.2) is 43.2 Å². The van der Waals surface area contributed by atoms with Gasteiger partial charge in [-0.15, -0.1) is 0 Å². The minimum atomic E-state index is 0.00181. The molecular formula is C15H22N2O3. The van der Waals surface area contributed by atoms with Crippen molar-refractivity contribution in [2.75, 3.05) is 26.3 Å². The summed E-state index contributed by atoms with van der Waals surface area (Å²) in [6, 6.07) is 5.41. The lowest BCUT2D eigenvalue weighted by atomic mass is 10.1. The van der Waals surface area contributed by atoms with Crippen molar-refractivity contribution in [2.24, 2.45) is 5.73 Å². The Morgan fingerprint density at radius 1 is 1.30 bits per heavy atom. The fraction of sp³-hybridized carbons (Fsp3) is 0.533. The maximum atomic E-state index is 12.4. The quantitative estimate of drug-likeness (QED) is 0.889. The van der Waals surface area contributed by atoms with Crippen molar-refractivity contribution < 1.29 is 14.3 Å². The average molecular weight is 278 g/mol. The predicted molar refractivity (Wildman–Crippen MR) is 77.3 cm³/mol. The van der Waals surface area contributed by atoms with Gasteiger partial charge in [0.1, 0.15) is 0 Å². The lowest BCUT2D eigenvalue weighted by Gasteiger charge is -2.17. The molecule has 0 spiro atoms. The number of hydrogen-bond donors (Lipinski definition) is 1. The van der Waals surface area contributed by atoms with Gasteiger partial charge in [0.25, 0.3) is 5.91 Å². The van der Waals surface area contributed by atoms with Gasteiger partial charge in [-0.2, -0.15) is 0 Å². The Bertz CT molecular complexity index is 476. The molecule has 2 N–H and O–H groups in total. The van der Waals surface area contributed by atoms with Crippen molar-refractivity contribution in [1.82, 2.24) is 4.90 Å². The second-order valence-corrected chi connectivity index (χ2v) is 4.83. The molecule has 5 heteroatoms. The first kappa shape index (κ1) is 14.7. The highest BCUT2D eigenvalue weighted by molar-refractivity contribution is 5.95. The maximum absolute atomic E-state index is 12.4. The molecule has 2 rings (SSSR count). The fourth-order valence-corrected chi connectivity index (χ4v) is 2.34. The highest BCUT2D eigenvalue weighted by Gasteiger charge is 2.25. The van der Waals surface area contributed by atoms with Crippen molar-refractivity contribution in [3.8, 4) is 11.5 Å². The lowest BCUT2D eigenvalue weighted by Crippen LogP contribution is -2.31. The summed E-state index contributed by atoms with van der Waals surface area (Å²) in [5, 5.41) is 0. The number of benzene rings is 1. The van der Waals surface area contributed by atoms with E-state index in [2.05, 4.69) is 0 Å². The highest BCUT2D eigenvalue weighted by Crippen LogP contribution is 2.29. The third kappa shape index (κ3) is 3.22. The predicted octanol–water partition coefficient (Wildman–Crippen LogP) is 1.66. The minimum absolute atomic E-state index is 0.00181. The van der Waals surface area contributed by atoms with E-state index in [1.165, 1.54) is 0 Å². The van der Waals surface area contributed by atoms with Gasteiger partial charge in [-0.05, 0) is 38.5 Å². The molecule has 5 nitrogen and oxygen atoms in total. The summed E-state index contributed by atoms with van der Waals surface area (Å²) in [6.45, 7) is 6.26. The van der Waals surface area contributed by atoms with E-state index in [0.717, 1.165) is 13.0 Å². The third-order valence-electron chi connectivity index (χ3n) is 3.30. The van der Waals surface area contributed by atoms with Crippen LogP contribution in [-0.2, 0) is 0 Å². The number of likely N-dealkylation sites (tertiary alicyclic amines) is 1. The number of nitrogens with zero attached hydrogens (tertiary/aromatic N) is 1. The van der Waals surface area contributed by atoms with E-state index in [9.17, 15) is 4.79 Å². The van der Waals surface area contributed by atoms with Crippen LogP contribution in [0.5, 0.6) is 11.5 Å². The molecule has 1 heterocycles. The molecule has 1 unspecified atom stereocenters. The highest BCUT2D eigenvalue weighted by atomic mass is 16.5. The van der Waals surface area contributed by atoms with Crippen LogP contribution in [0, 0.1) is 0 Å². The molecule has 1 atom stereocenters. The van der Waals surface area contributed by atoms with Crippen LogP contribution >= 0.6 is 0 Å². The van der Waals surface area contributed by atoms with E-state index in [1.807, 2.05) is 13.8 Å². The molecular weight excluding hydrogens is 256 g/mol. The van der Waals surface area contributed by atoms with Crippen molar-refractivity contribution in [3.05, 3.63) is 23.8 Å². The number of carbonyl (C=O) groups is 1. The Morgan fingerprint density at radius 3 is 2.60 bits per heavy atom. The third-order valence-corrected chi connectivity index (χ3v) is 3.30. The van der Waals surface area contributed by atoms with Gasteiger partial charge in [0.2, 0.25) is 0 Å². The second kappa shape index (κ2) is 6.61. The molecule has 1 amide bonds. The fourth-order valence-electron chi connectivity index (χ4n) is 2.34. The molecule has 1 aliphatic rings. The number of rotatable bonds is 5. The zero-order valence-electron chi connectivity index (χ0n) is 12.1. The van der Waals surface area contributed by atoms with Gasteiger partial charge in [-0.25, -0.2) is 0 Å². The van der Waals surface area contributed by atoms with E-state index >= 15 is 0 Å². The van der Waals surface area contributed by atoms with Gasteiger partial charge in [0.15, 0.2) is 11.5 Å². The van der Waals surface area contributed by atoms with E-state index in [0.29, 0.717) is 36.8 Å². The first-order valence-corrected chi connectivity index (χ1v) is 7.10. The summed E-state index contributed by atoms with van der Waals surface area (Å²) in [5.74, 6) is 1.29. The van der Waals surface area contributed by atoms with E-state index in [4.69, 9.17) is 15.2 Å². The Labute approximate surface area is 119 Å². The monoisotopic (exact) mass is 278 g/mol.